The first-order valence-electron chi connectivity index (χ1n) is 4.79. The molecule has 1 aliphatic carbocycles. The third-order valence-electron chi connectivity index (χ3n) is 2.94. The lowest BCUT2D eigenvalue weighted by Gasteiger charge is -2.14. The lowest BCUT2D eigenvalue weighted by molar-refractivity contribution is 0.524. The number of hydrogen-bond acceptors (Lipinski definition) is 1. The Hall–Kier alpha value is -0.600. The summed E-state index contributed by atoms with van der Waals surface area (Å²) in [7, 11) is 1.93. The molecule has 0 amide bonds. The molecule has 0 spiro atoms. The van der Waals surface area contributed by atoms with Gasteiger partial charge < -0.3 is 5.32 Å². The van der Waals surface area contributed by atoms with Gasteiger partial charge in [0.05, 0.1) is 5.02 Å². The van der Waals surface area contributed by atoms with Crippen LogP contribution in [0.5, 0.6) is 0 Å². The van der Waals surface area contributed by atoms with Gasteiger partial charge in [0.15, 0.2) is 0 Å². The molecule has 2 rings (SSSR count). The zero-order valence-electron chi connectivity index (χ0n) is 8.11. The maximum absolute atomic E-state index is 13.5. The minimum atomic E-state index is -0.268. The van der Waals surface area contributed by atoms with Crippen LogP contribution in [0.1, 0.15) is 18.4 Å². The number of nitrogens with one attached hydrogen (secondary N) is 1. The van der Waals surface area contributed by atoms with Crippen LogP contribution in [-0.2, 0) is 6.42 Å². The Morgan fingerprint density at radius 2 is 2.21 bits per heavy atom. The molecule has 0 bridgehead atoms. The van der Waals surface area contributed by atoms with Crippen LogP contribution in [0, 0.1) is 5.82 Å². The van der Waals surface area contributed by atoms with Crippen LogP contribution in [0.15, 0.2) is 18.2 Å². The quantitative estimate of drug-likeness (QED) is 0.814. The molecule has 0 unspecified atom stereocenters. The fourth-order valence-corrected chi connectivity index (χ4v) is 1.91. The van der Waals surface area contributed by atoms with E-state index in [1.807, 2.05) is 7.05 Å². The Balaban J connectivity index is 2.21. The van der Waals surface area contributed by atoms with Crippen molar-refractivity contribution in [1.29, 1.82) is 0 Å². The second-order valence-corrected chi connectivity index (χ2v) is 4.33. The fourth-order valence-electron chi connectivity index (χ4n) is 1.72. The first kappa shape index (κ1) is 9.94. The largest absolute Gasteiger partial charge is 0.314 e. The topological polar surface area (TPSA) is 12.0 Å². The van der Waals surface area contributed by atoms with E-state index < -0.39 is 0 Å². The number of likely N-dealkylation sites (N-methyl/N-ethyl adjacent to an activating group) is 1. The lowest BCUT2D eigenvalue weighted by atomic mass is 10.0. The smallest absolute Gasteiger partial charge is 0.145 e. The highest BCUT2D eigenvalue weighted by Crippen LogP contribution is 2.39. The highest BCUT2D eigenvalue weighted by atomic mass is 35.5. The van der Waals surface area contributed by atoms with E-state index in [2.05, 4.69) is 5.32 Å². The molecule has 1 saturated carbocycles. The van der Waals surface area contributed by atoms with Crippen LogP contribution in [-0.4, -0.2) is 12.6 Å². The molecule has 1 N–H and O–H groups in total. The summed E-state index contributed by atoms with van der Waals surface area (Å²) in [5.41, 5.74) is 0.843. The molecule has 1 aliphatic rings. The standard InChI is InChI=1S/C11H13ClFN/c1-14-11(5-6-11)7-8-3-2-4-9(12)10(8)13/h2-4,14H,5-7H2,1H3. The average Bonchev–Trinajstić information content (AvgIpc) is 2.94. The molecule has 76 valence electrons. The van der Waals surface area contributed by atoms with Gasteiger partial charge in [0.25, 0.3) is 0 Å². The van der Waals surface area contributed by atoms with Gasteiger partial charge in [-0.2, -0.15) is 0 Å². The van der Waals surface area contributed by atoms with Crippen LogP contribution >= 0.6 is 11.6 Å². The normalized spacial score (nSPS) is 18.2. The van der Waals surface area contributed by atoms with E-state index in [1.54, 1.807) is 18.2 Å². The van der Waals surface area contributed by atoms with E-state index in [9.17, 15) is 4.39 Å². The van der Waals surface area contributed by atoms with E-state index in [0.29, 0.717) is 5.56 Å². The Kier molecular flexibility index (Phi) is 2.50. The van der Waals surface area contributed by atoms with Crippen molar-refractivity contribution in [2.45, 2.75) is 24.8 Å². The summed E-state index contributed by atoms with van der Waals surface area (Å²) in [5, 5.41) is 3.45. The summed E-state index contributed by atoms with van der Waals surface area (Å²) in [6.45, 7) is 0. The van der Waals surface area contributed by atoms with E-state index in [1.165, 1.54) is 0 Å². The third kappa shape index (κ3) is 1.77. The summed E-state index contributed by atoms with van der Waals surface area (Å²) >= 11 is 5.71. The highest BCUT2D eigenvalue weighted by molar-refractivity contribution is 6.30. The van der Waals surface area contributed by atoms with E-state index >= 15 is 0 Å². The average molecular weight is 214 g/mol. The van der Waals surface area contributed by atoms with E-state index in [4.69, 9.17) is 11.6 Å². The van der Waals surface area contributed by atoms with Gasteiger partial charge in [-0.25, -0.2) is 4.39 Å². The Labute approximate surface area is 88.3 Å². The van der Waals surface area contributed by atoms with Crippen LogP contribution in [0.4, 0.5) is 4.39 Å². The van der Waals surface area contributed by atoms with Gasteiger partial charge >= 0.3 is 0 Å². The minimum absolute atomic E-state index is 0.130. The van der Waals surface area contributed by atoms with Gasteiger partial charge in [-0.1, -0.05) is 23.7 Å². The van der Waals surface area contributed by atoms with Gasteiger partial charge in [0, 0.05) is 5.54 Å². The summed E-state index contributed by atoms with van der Waals surface area (Å²) in [4.78, 5) is 0. The molecule has 0 saturated heterocycles. The molecule has 1 fully saturated rings. The Bertz CT molecular complexity index is 347. The van der Waals surface area contributed by atoms with Crippen molar-refractivity contribution in [2.24, 2.45) is 0 Å². The zero-order chi connectivity index (χ0) is 10.2. The third-order valence-corrected chi connectivity index (χ3v) is 3.24. The summed E-state index contributed by atoms with van der Waals surface area (Å²) in [6.07, 6.45) is 2.97. The Morgan fingerprint density at radius 1 is 1.50 bits per heavy atom. The maximum atomic E-state index is 13.5. The summed E-state index contributed by atoms with van der Waals surface area (Å²) in [5.74, 6) is -0.268. The predicted octanol–water partition coefficient (Wildman–Crippen LogP) is 2.77. The molecule has 0 aliphatic heterocycles. The maximum Gasteiger partial charge on any atom is 0.145 e. The molecule has 14 heavy (non-hydrogen) atoms. The number of rotatable bonds is 3. The van der Waals surface area contributed by atoms with Gasteiger partial charge in [-0.15, -0.1) is 0 Å². The predicted molar refractivity (Wildman–Crippen MR) is 56.1 cm³/mol. The molecule has 0 atom stereocenters. The fraction of sp³-hybridized carbons (Fsp3) is 0.455. The molecule has 1 aromatic carbocycles. The molecular formula is C11H13ClFN. The first-order valence-corrected chi connectivity index (χ1v) is 5.16. The van der Waals surface area contributed by atoms with Crippen LogP contribution in [0.25, 0.3) is 0 Å². The lowest BCUT2D eigenvalue weighted by Crippen LogP contribution is -2.29. The SMILES string of the molecule is CNC1(Cc2cccc(Cl)c2F)CC1. The van der Waals surface area contributed by atoms with Gasteiger partial charge in [-0.3, -0.25) is 0 Å². The molecule has 1 nitrogen and oxygen atoms in total. The monoisotopic (exact) mass is 213 g/mol. The molecule has 1 aromatic rings. The van der Waals surface area contributed by atoms with Gasteiger partial charge in [-0.05, 0) is 37.9 Å². The molecule has 0 heterocycles. The highest BCUT2D eigenvalue weighted by Gasteiger charge is 2.41. The molecule has 0 aromatic heterocycles. The van der Waals surface area contributed by atoms with Crippen molar-refractivity contribution in [3.63, 3.8) is 0 Å². The molecule has 0 radical (unpaired) electrons. The number of halogens is 2. The van der Waals surface area contributed by atoms with Crippen LogP contribution < -0.4 is 5.32 Å². The second-order valence-electron chi connectivity index (χ2n) is 3.92. The Morgan fingerprint density at radius 3 is 2.79 bits per heavy atom. The van der Waals surface area contributed by atoms with E-state index in [0.717, 1.165) is 19.3 Å². The molecular weight excluding hydrogens is 201 g/mol. The van der Waals surface area contributed by atoms with E-state index in [-0.39, 0.29) is 16.4 Å². The zero-order valence-corrected chi connectivity index (χ0v) is 8.87. The van der Waals surface area contributed by atoms with Crippen LogP contribution in [0.3, 0.4) is 0 Å². The second kappa shape index (κ2) is 3.52. The van der Waals surface area contributed by atoms with Crippen molar-refractivity contribution in [3.05, 3.63) is 34.6 Å². The van der Waals surface area contributed by atoms with Crippen LogP contribution in [0.2, 0.25) is 5.02 Å². The number of hydrogen-bond donors (Lipinski definition) is 1. The van der Waals surface area contributed by atoms with Crippen molar-refractivity contribution in [1.82, 2.24) is 5.32 Å². The van der Waals surface area contributed by atoms with Crippen molar-refractivity contribution < 1.29 is 4.39 Å². The van der Waals surface area contributed by atoms with Gasteiger partial charge in [0.2, 0.25) is 0 Å². The summed E-state index contributed by atoms with van der Waals surface area (Å²) in [6, 6.07) is 5.18. The first-order chi connectivity index (χ1) is 6.67. The molecule has 3 heteroatoms. The van der Waals surface area contributed by atoms with Crippen molar-refractivity contribution >= 4 is 11.6 Å². The minimum Gasteiger partial charge on any atom is -0.314 e. The number of benzene rings is 1. The van der Waals surface area contributed by atoms with Gasteiger partial charge in [0.1, 0.15) is 5.82 Å². The summed E-state index contributed by atoms with van der Waals surface area (Å²) < 4.78 is 13.5. The van der Waals surface area contributed by atoms with Crippen molar-refractivity contribution in [3.8, 4) is 0 Å². The van der Waals surface area contributed by atoms with Crippen molar-refractivity contribution in [2.75, 3.05) is 7.05 Å².